The second kappa shape index (κ2) is 6.48. The van der Waals surface area contributed by atoms with Crippen molar-refractivity contribution in [2.45, 2.75) is 13.0 Å². The van der Waals surface area contributed by atoms with Crippen LogP contribution in [0.5, 0.6) is 0 Å². The zero-order chi connectivity index (χ0) is 19.0. The Bertz CT molecular complexity index is 1230. The van der Waals surface area contributed by atoms with Gasteiger partial charge >= 0.3 is 5.69 Å². The van der Waals surface area contributed by atoms with Gasteiger partial charge in [0.15, 0.2) is 5.65 Å². The third-order valence-corrected chi connectivity index (χ3v) is 4.09. The van der Waals surface area contributed by atoms with E-state index >= 15 is 0 Å². The van der Waals surface area contributed by atoms with Crippen molar-refractivity contribution in [1.82, 2.24) is 29.5 Å². The summed E-state index contributed by atoms with van der Waals surface area (Å²) < 4.78 is 14.5. The van der Waals surface area contributed by atoms with Crippen molar-refractivity contribution in [3.63, 3.8) is 0 Å². The van der Waals surface area contributed by atoms with E-state index in [9.17, 15) is 14.0 Å². The number of hydrogen-bond donors (Lipinski definition) is 3. The van der Waals surface area contributed by atoms with Crippen molar-refractivity contribution in [3.05, 3.63) is 75.2 Å². The second-order valence-corrected chi connectivity index (χ2v) is 5.85. The molecule has 0 bridgehead atoms. The average molecular weight is 367 g/mol. The smallest absolute Gasteiger partial charge is 0.327 e. The SMILES string of the molecule is CC(c1ccc(F)cn1)n1c(=O)[nH]c2cnc(Nc3ccc[nH]c3=O)nc21. The Morgan fingerprint density at radius 3 is 2.78 bits per heavy atom. The summed E-state index contributed by atoms with van der Waals surface area (Å²) in [7, 11) is 0. The molecule has 0 aliphatic carbocycles. The molecule has 9 nitrogen and oxygen atoms in total. The number of halogens is 1. The van der Waals surface area contributed by atoms with Crippen molar-refractivity contribution in [1.29, 1.82) is 0 Å². The standard InChI is InChI=1S/C17H14FN7O2/c1-9(11-5-4-10(18)7-20-11)25-14-13(23-17(25)27)8-21-16(24-14)22-12-3-2-6-19-15(12)26/h2-9H,1H3,(H,19,26)(H,23,27)(H,21,22,24). The molecule has 0 fully saturated rings. The van der Waals surface area contributed by atoms with Gasteiger partial charge in [0.1, 0.15) is 17.0 Å². The molecule has 27 heavy (non-hydrogen) atoms. The van der Waals surface area contributed by atoms with Crippen molar-refractivity contribution in [3.8, 4) is 0 Å². The molecule has 0 spiro atoms. The van der Waals surface area contributed by atoms with E-state index in [1.54, 1.807) is 19.1 Å². The predicted octanol–water partition coefficient (Wildman–Crippen LogP) is 1.69. The minimum absolute atomic E-state index is 0.159. The lowest BCUT2D eigenvalue weighted by Gasteiger charge is -2.12. The van der Waals surface area contributed by atoms with Crippen molar-refractivity contribution in [2.75, 3.05) is 5.32 Å². The van der Waals surface area contributed by atoms with Crippen LogP contribution in [0.15, 0.2) is 52.4 Å². The maximum absolute atomic E-state index is 13.1. The Morgan fingerprint density at radius 1 is 1.19 bits per heavy atom. The molecule has 0 saturated heterocycles. The molecule has 10 heteroatoms. The molecule has 4 rings (SSSR count). The van der Waals surface area contributed by atoms with Crippen LogP contribution in [0.2, 0.25) is 0 Å². The van der Waals surface area contributed by atoms with Gasteiger partial charge in [-0.05, 0) is 31.2 Å². The van der Waals surface area contributed by atoms with E-state index in [1.165, 1.54) is 29.1 Å². The third-order valence-electron chi connectivity index (χ3n) is 4.09. The fourth-order valence-electron chi connectivity index (χ4n) is 2.74. The highest BCUT2D eigenvalue weighted by Crippen LogP contribution is 2.19. The van der Waals surface area contributed by atoms with Crippen LogP contribution in [0, 0.1) is 5.82 Å². The molecule has 0 aliphatic rings. The van der Waals surface area contributed by atoms with Gasteiger partial charge in [0.25, 0.3) is 5.56 Å². The van der Waals surface area contributed by atoms with Crippen molar-refractivity contribution in [2.24, 2.45) is 0 Å². The second-order valence-electron chi connectivity index (χ2n) is 5.85. The lowest BCUT2D eigenvalue weighted by Crippen LogP contribution is -2.22. The zero-order valence-electron chi connectivity index (χ0n) is 14.1. The number of pyridine rings is 2. The Labute approximate surface area is 151 Å². The lowest BCUT2D eigenvalue weighted by molar-refractivity contribution is 0.592. The van der Waals surface area contributed by atoms with Gasteiger partial charge < -0.3 is 15.3 Å². The summed E-state index contributed by atoms with van der Waals surface area (Å²) in [5.41, 5.74) is 0.829. The van der Waals surface area contributed by atoms with Gasteiger partial charge in [0.2, 0.25) is 5.95 Å². The molecule has 0 radical (unpaired) electrons. The summed E-state index contributed by atoms with van der Waals surface area (Å²) in [4.78, 5) is 41.9. The largest absolute Gasteiger partial charge is 0.328 e. The van der Waals surface area contributed by atoms with E-state index in [0.29, 0.717) is 16.9 Å². The van der Waals surface area contributed by atoms with Crippen LogP contribution in [0.4, 0.5) is 16.0 Å². The lowest BCUT2D eigenvalue weighted by atomic mass is 10.2. The number of fused-ring (bicyclic) bond motifs is 1. The molecule has 4 aromatic rings. The van der Waals surface area contributed by atoms with Gasteiger partial charge in [-0.1, -0.05) is 0 Å². The Kier molecular flexibility index (Phi) is 3.99. The van der Waals surface area contributed by atoms with Crippen molar-refractivity contribution >= 4 is 22.8 Å². The minimum Gasteiger partial charge on any atom is -0.327 e. The molecule has 4 heterocycles. The topological polar surface area (TPSA) is 121 Å². The molecule has 1 unspecified atom stereocenters. The molecular weight excluding hydrogens is 353 g/mol. The van der Waals surface area contributed by atoms with E-state index < -0.39 is 17.5 Å². The first-order valence-electron chi connectivity index (χ1n) is 8.06. The fourth-order valence-corrected chi connectivity index (χ4v) is 2.74. The Balaban J connectivity index is 1.78. The number of nitrogens with one attached hydrogen (secondary N) is 3. The number of hydrogen-bond acceptors (Lipinski definition) is 6. The number of aromatic nitrogens is 6. The molecule has 1 atom stereocenters. The number of aromatic amines is 2. The first-order chi connectivity index (χ1) is 13.0. The maximum Gasteiger partial charge on any atom is 0.328 e. The number of nitrogens with zero attached hydrogens (tertiary/aromatic N) is 4. The summed E-state index contributed by atoms with van der Waals surface area (Å²) in [5.74, 6) is -0.301. The van der Waals surface area contributed by atoms with Gasteiger partial charge in [-0.2, -0.15) is 4.98 Å². The van der Waals surface area contributed by atoms with E-state index in [0.717, 1.165) is 6.20 Å². The first-order valence-corrected chi connectivity index (χ1v) is 8.06. The van der Waals surface area contributed by atoms with Crippen LogP contribution in [-0.4, -0.2) is 29.5 Å². The van der Waals surface area contributed by atoms with Crippen LogP contribution >= 0.6 is 0 Å². The molecule has 3 N–H and O–H groups in total. The predicted molar refractivity (Wildman–Crippen MR) is 96.5 cm³/mol. The normalized spacial score (nSPS) is 12.2. The highest BCUT2D eigenvalue weighted by molar-refractivity contribution is 5.72. The highest BCUT2D eigenvalue weighted by Gasteiger charge is 2.18. The quantitative estimate of drug-likeness (QED) is 0.505. The number of rotatable bonds is 4. The fraction of sp³-hybridized carbons (Fsp3) is 0.118. The molecule has 0 aromatic carbocycles. The van der Waals surface area contributed by atoms with Gasteiger partial charge in [0.05, 0.1) is 24.1 Å². The van der Waals surface area contributed by atoms with Gasteiger partial charge in [-0.25, -0.2) is 14.2 Å². The zero-order valence-corrected chi connectivity index (χ0v) is 14.1. The van der Waals surface area contributed by atoms with Crippen LogP contribution in [0.3, 0.4) is 0 Å². The summed E-state index contributed by atoms with van der Waals surface area (Å²) in [6.07, 6.45) is 4.05. The molecule has 0 amide bonds. The first kappa shape index (κ1) is 16.6. The van der Waals surface area contributed by atoms with E-state index in [4.69, 9.17) is 0 Å². The van der Waals surface area contributed by atoms with E-state index in [-0.39, 0.29) is 17.2 Å². The summed E-state index contributed by atoms with van der Waals surface area (Å²) in [6.45, 7) is 1.76. The highest BCUT2D eigenvalue weighted by atomic mass is 19.1. The number of anilines is 2. The van der Waals surface area contributed by atoms with Crippen LogP contribution in [0.25, 0.3) is 11.2 Å². The molecule has 0 saturated carbocycles. The third kappa shape index (κ3) is 3.08. The molecule has 0 aliphatic heterocycles. The minimum atomic E-state index is -0.491. The van der Waals surface area contributed by atoms with Crippen LogP contribution in [-0.2, 0) is 0 Å². The van der Waals surface area contributed by atoms with Crippen molar-refractivity contribution < 1.29 is 4.39 Å². The number of imidazole rings is 1. The summed E-state index contributed by atoms with van der Waals surface area (Å²) in [5, 5.41) is 2.83. The molecule has 136 valence electrons. The average Bonchev–Trinajstić information content (AvgIpc) is 2.99. The van der Waals surface area contributed by atoms with Crippen LogP contribution in [0.1, 0.15) is 18.7 Å². The van der Waals surface area contributed by atoms with Crippen LogP contribution < -0.4 is 16.6 Å². The van der Waals surface area contributed by atoms with Gasteiger partial charge in [-0.3, -0.25) is 14.3 Å². The molecule has 4 aromatic heterocycles. The Morgan fingerprint density at radius 2 is 2.04 bits per heavy atom. The Hall–Kier alpha value is -3.82. The van der Waals surface area contributed by atoms with Gasteiger partial charge in [-0.15, -0.1) is 0 Å². The maximum atomic E-state index is 13.1. The monoisotopic (exact) mass is 367 g/mol. The molecular formula is C17H14FN7O2. The summed E-state index contributed by atoms with van der Waals surface area (Å²) >= 11 is 0. The number of H-pyrrole nitrogens is 2. The van der Waals surface area contributed by atoms with E-state index in [2.05, 4.69) is 30.2 Å². The summed E-state index contributed by atoms with van der Waals surface area (Å²) in [6, 6.07) is 5.55. The van der Waals surface area contributed by atoms with E-state index in [1.807, 2.05) is 0 Å². The van der Waals surface area contributed by atoms with Gasteiger partial charge in [0, 0.05) is 6.20 Å².